The number of carboxylic acid groups (broad SMARTS) is 1. The molecule has 40 heavy (non-hydrogen) atoms. The second-order valence-corrected chi connectivity index (χ2v) is 11.3. The van der Waals surface area contributed by atoms with Crippen molar-refractivity contribution in [2.75, 3.05) is 32.1 Å². The normalized spacial score (nSPS) is 20.7. The van der Waals surface area contributed by atoms with Crippen LogP contribution in [0.25, 0.3) is 0 Å². The number of para-hydroxylation sites is 1. The smallest absolute Gasteiger partial charge is 0.335 e. The van der Waals surface area contributed by atoms with Crippen LogP contribution in [0.1, 0.15) is 72.2 Å². The number of nitrogens with one attached hydrogen (secondary N) is 1. The topological polar surface area (TPSA) is 119 Å². The van der Waals surface area contributed by atoms with E-state index in [0.717, 1.165) is 37.7 Å². The van der Waals surface area contributed by atoms with Crippen LogP contribution in [0.2, 0.25) is 0 Å². The minimum atomic E-state index is -0.960. The lowest BCUT2D eigenvalue weighted by Gasteiger charge is -2.38. The largest absolute Gasteiger partial charge is 0.486 e. The van der Waals surface area contributed by atoms with Crippen molar-refractivity contribution in [1.82, 2.24) is 9.80 Å². The number of aliphatic hydroxyl groups excluding tert-OH is 1. The van der Waals surface area contributed by atoms with Gasteiger partial charge in [0.25, 0.3) is 5.91 Å². The summed E-state index contributed by atoms with van der Waals surface area (Å²) in [6.45, 7) is 5.20. The summed E-state index contributed by atoms with van der Waals surface area (Å²) >= 11 is 0. The van der Waals surface area contributed by atoms with Gasteiger partial charge < -0.3 is 25.2 Å². The molecule has 1 heterocycles. The molecule has 216 valence electrons. The molecule has 2 aromatic carbocycles. The van der Waals surface area contributed by atoms with Crippen molar-refractivity contribution in [2.24, 2.45) is 11.8 Å². The summed E-state index contributed by atoms with van der Waals surface area (Å²) in [4.78, 5) is 41.8. The summed E-state index contributed by atoms with van der Waals surface area (Å²) in [5, 5.41) is 22.2. The van der Waals surface area contributed by atoms with E-state index in [4.69, 9.17) is 4.74 Å². The highest BCUT2D eigenvalue weighted by Gasteiger charge is 2.35. The van der Waals surface area contributed by atoms with E-state index in [9.17, 15) is 24.6 Å². The van der Waals surface area contributed by atoms with Crippen molar-refractivity contribution < 1.29 is 29.3 Å². The molecule has 9 nitrogen and oxygen atoms in total. The van der Waals surface area contributed by atoms with Crippen molar-refractivity contribution in [1.29, 1.82) is 0 Å². The molecule has 2 aliphatic rings. The molecule has 0 saturated heterocycles. The number of rotatable bonds is 9. The highest BCUT2D eigenvalue weighted by molar-refractivity contribution is 6.02. The van der Waals surface area contributed by atoms with Crippen LogP contribution < -0.4 is 10.1 Å². The van der Waals surface area contributed by atoms with Crippen LogP contribution in [0.4, 0.5) is 5.69 Å². The minimum absolute atomic E-state index is 0.0432. The Morgan fingerprint density at radius 2 is 1.82 bits per heavy atom. The molecule has 1 aliphatic carbocycles. The van der Waals surface area contributed by atoms with E-state index >= 15 is 0 Å². The highest BCUT2D eigenvalue weighted by atomic mass is 16.5. The molecule has 3 N–H and O–H groups in total. The second kappa shape index (κ2) is 13.3. The van der Waals surface area contributed by atoms with E-state index in [1.807, 2.05) is 20.9 Å². The zero-order valence-corrected chi connectivity index (χ0v) is 23.6. The summed E-state index contributed by atoms with van der Waals surface area (Å²) < 4.78 is 6.62. The summed E-state index contributed by atoms with van der Waals surface area (Å²) in [5.41, 5.74) is 2.07. The Kier molecular flexibility index (Phi) is 9.81. The quantitative estimate of drug-likeness (QED) is 0.426. The predicted octanol–water partition coefficient (Wildman–Crippen LogP) is 4.26. The number of carbonyl (C=O) groups is 3. The summed E-state index contributed by atoms with van der Waals surface area (Å²) in [7, 11) is 1.97. The number of hydrogen-bond acceptors (Lipinski definition) is 6. The molecule has 9 heteroatoms. The first-order valence-corrected chi connectivity index (χ1v) is 14.2. The van der Waals surface area contributed by atoms with Crippen LogP contribution in [0.3, 0.4) is 0 Å². The van der Waals surface area contributed by atoms with E-state index in [2.05, 4.69) is 10.2 Å². The maximum Gasteiger partial charge on any atom is 0.335 e. The van der Waals surface area contributed by atoms with Crippen molar-refractivity contribution in [3.63, 3.8) is 0 Å². The fraction of sp³-hybridized carbons (Fsp3) is 0.516. The zero-order valence-electron chi connectivity index (χ0n) is 23.6. The first kappa shape index (κ1) is 29.6. The molecule has 0 unspecified atom stereocenters. The number of benzene rings is 2. The molecular formula is C31H41N3O6. The van der Waals surface area contributed by atoms with Crippen molar-refractivity contribution >= 4 is 23.5 Å². The number of aromatic carboxylic acids is 1. The number of hydrogen-bond donors (Lipinski definition) is 3. The van der Waals surface area contributed by atoms with Gasteiger partial charge in [-0.3, -0.25) is 14.5 Å². The number of carboxylic acids is 1. The number of amides is 2. The van der Waals surface area contributed by atoms with Crippen LogP contribution in [0, 0.1) is 11.8 Å². The number of likely N-dealkylation sites (N-methyl/N-ethyl adjacent to an activating group) is 1. The number of ether oxygens (including phenoxy) is 1. The third kappa shape index (κ3) is 7.01. The third-order valence-corrected chi connectivity index (χ3v) is 8.07. The maximum absolute atomic E-state index is 13.7. The standard InChI is InChI=1S/C31H41N3O6/c1-20-16-34(21(2)19-35)30(37)25-10-7-11-26(32-29(36)23-8-5-4-6-9-23)28(25)40-27(20)18-33(3)17-22-12-14-24(15-13-22)31(38)39/h7,10-15,20-21,23,27,35H,4-6,8-9,16-19H2,1-3H3,(H,32,36)(H,38,39)/t20-,21+,27+/m1/s1. The number of anilines is 1. The average Bonchev–Trinajstić information content (AvgIpc) is 2.95. The fourth-order valence-electron chi connectivity index (χ4n) is 5.60. The van der Waals surface area contributed by atoms with Gasteiger partial charge in [0, 0.05) is 31.5 Å². The Balaban J connectivity index is 1.60. The Labute approximate surface area is 236 Å². The van der Waals surface area contributed by atoms with Crippen molar-refractivity contribution in [3.05, 3.63) is 59.2 Å². The minimum Gasteiger partial charge on any atom is -0.486 e. The van der Waals surface area contributed by atoms with Gasteiger partial charge in [0.15, 0.2) is 5.75 Å². The Hall–Kier alpha value is -3.43. The second-order valence-electron chi connectivity index (χ2n) is 11.3. The van der Waals surface area contributed by atoms with E-state index in [0.29, 0.717) is 36.6 Å². The maximum atomic E-state index is 13.7. The van der Waals surface area contributed by atoms with Gasteiger partial charge in [0.1, 0.15) is 6.10 Å². The predicted molar refractivity (Wildman–Crippen MR) is 153 cm³/mol. The van der Waals surface area contributed by atoms with Crippen LogP contribution in [-0.4, -0.2) is 76.7 Å². The molecule has 3 atom stereocenters. The Bertz CT molecular complexity index is 1190. The number of aliphatic hydroxyl groups is 1. The van der Waals surface area contributed by atoms with Gasteiger partial charge in [-0.25, -0.2) is 4.79 Å². The molecule has 1 fully saturated rings. The summed E-state index contributed by atoms with van der Waals surface area (Å²) in [6, 6.07) is 11.7. The van der Waals surface area contributed by atoms with E-state index in [-0.39, 0.29) is 48.0 Å². The van der Waals surface area contributed by atoms with Gasteiger partial charge in [-0.1, -0.05) is 44.4 Å². The van der Waals surface area contributed by atoms with Crippen LogP contribution >= 0.6 is 0 Å². The van der Waals surface area contributed by atoms with Gasteiger partial charge >= 0.3 is 5.97 Å². The first-order valence-electron chi connectivity index (χ1n) is 14.2. The van der Waals surface area contributed by atoms with Crippen LogP contribution in [0.5, 0.6) is 5.75 Å². The fourth-order valence-corrected chi connectivity index (χ4v) is 5.60. The van der Waals surface area contributed by atoms with Gasteiger partial charge in [-0.2, -0.15) is 0 Å². The molecule has 0 bridgehead atoms. The molecule has 2 amide bonds. The highest BCUT2D eigenvalue weighted by Crippen LogP contribution is 2.36. The zero-order chi connectivity index (χ0) is 28.8. The number of carbonyl (C=O) groups excluding carboxylic acids is 2. The lowest BCUT2D eigenvalue weighted by molar-refractivity contribution is -0.120. The molecule has 0 spiro atoms. The molecule has 1 saturated carbocycles. The van der Waals surface area contributed by atoms with Crippen molar-refractivity contribution in [3.8, 4) is 5.75 Å². The number of nitrogens with zero attached hydrogens (tertiary/aromatic N) is 2. The van der Waals surface area contributed by atoms with Crippen molar-refractivity contribution in [2.45, 2.75) is 64.6 Å². The van der Waals surface area contributed by atoms with Crippen LogP contribution in [0.15, 0.2) is 42.5 Å². The van der Waals surface area contributed by atoms with E-state index < -0.39 is 5.97 Å². The monoisotopic (exact) mass is 551 g/mol. The third-order valence-electron chi connectivity index (χ3n) is 8.07. The molecule has 4 rings (SSSR count). The number of fused-ring (bicyclic) bond motifs is 1. The van der Waals surface area contributed by atoms with Crippen LogP contribution in [-0.2, 0) is 11.3 Å². The Morgan fingerprint density at radius 1 is 1.12 bits per heavy atom. The van der Waals surface area contributed by atoms with E-state index in [1.165, 1.54) is 0 Å². The Morgan fingerprint density at radius 3 is 2.48 bits per heavy atom. The first-order chi connectivity index (χ1) is 19.2. The molecule has 0 aromatic heterocycles. The van der Waals surface area contributed by atoms with Gasteiger partial charge in [0.2, 0.25) is 5.91 Å². The molecular weight excluding hydrogens is 510 g/mol. The summed E-state index contributed by atoms with van der Waals surface area (Å²) in [6.07, 6.45) is 4.63. The van der Waals surface area contributed by atoms with Gasteiger partial charge in [-0.15, -0.1) is 0 Å². The lowest BCUT2D eigenvalue weighted by Crippen LogP contribution is -2.49. The SMILES string of the molecule is C[C@@H]1CN([C@@H](C)CO)C(=O)c2cccc(NC(=O)C3CCCCC3)c2O[C@H]1CN(C)Cc1ccc(C(=O)O)cc1. The van der Waals surface area contributed by atoms with E-state index in [1.54, 1.807) is 47.4 Å². The molecule has 0 radical (unpaired) electrons. The molecule has 2 aromatic rings. The lowest BCUT2D eigenvalue weighted by atomic mass is 9.88. The average molecular weight is 552 g/mol. The van der Waals surface area contributed by atoms with Gasteiger partial charge in [-0.05, 0) is 56.6 Å². The van der Waals surface area contributed by atoms with Gasteiger partial charge in [0.05, 0.1) is 29.5 Å². The molecule has 1 aliphatic heterocycles. The summed E-state index contributed by atoms with van der Waals surface area (Å²) in [5.74, 6) is -1.00.